The van der Waals surface area contributed by atoms with Crippen LogP contribution in [0.3, 0.4) is 0 Å². The fourth-order valence-electron chi connectivity index (χ4n) is 8.45. The molecule has 27 nitrogen and oxygen atoms in total. The molecule has 3 aromatic heterocycles. The lowest BCUT2D eigenvalue weighted by Crippen LogP contribution is -2.52. The van der Waals surface area contributed by atoms with Gasteiger partial charge in [-0.05, 0) is 54.5 Å². The molecule has 0 saturated carbocycles. The highest BCUT2D eigenvalue weighted by atomic mass is 16.2. The van der Waals surface area contributed by atoms with Crippen LogP contribution >= 0.6 is 0 Å². The number of azide groups is 1. The number of hydrogen-bond acceptors (Lipinski definition) is 13. The molecule has 4 heterocycles. The van der Waals surface area contributed by atoms with Gasteiger partial charge in [0.15, 0.2) is 0 Å². The molecule has 4 aromatic rings. The molecule has 2 bridgehead atoms. The lowest BCUT2D eigenvalue weighted by atomic mass is 10.0. The maximum atomic E-state index is 14.8. The zero-order chi connectivity index (χ0) is 53.6. The first-order chi connectivity index (χ1) is 35.5. The number of amides is 9. The summed E-state index contributed by atoms with van der Waals surface area (Å²) in [6.07, 6.45) is 9.51. The molecule has 0 aliphatic carbocycles. The molecule has 5 rings (SSSR count). The average Bonchev–Trinajstić information content (AvgIpc) is 4.18. The van der Waals surface area contributed by atoms with Gasteiger partial charge in [-0.2, -0.15) is 0 Å². The van der Waals surface area contributed by atoms with Crippen molar-refractivity contribution in [3.8, 4) is 0 Å². The summed E-state index contributed by atoms with van der Waals surface area (Å²) in [5, 5.41) is 17.0. The summed E-state index contributed by atoms with van der Waals surface area (Å²) in [7, 11) is 0. The number of hydrogen-bond donors (Lipinski definition) is 9. The predicted molar refractivity (Wildman–Crippen MR) is 264 cm³/mol. The van der Waals surface area contributed by atoms with Crippen molar-refractivity contribution in [2.24, 2.45) is 10.8 Å². The van der Waals surface area contributed by atoms with Gasteiger partial charge in [0.2, 0.25) is 47.3 Å². The van der Waals surface area contributed by atoms with Crippen LogP contribution in [0.2, 0.25) is 0 Å². The number of H-pyrrole nitrogens is 3. The number of fused-ring (bicyclic) bond motifs is 2. The number of carbonyl (C=O) groups is 9. The van der Waals surface area contributed by atoms with Crippen LogP contribution < -0.4 is 32.3 Å². The molecule has 396 valence electrons. The van der Waals surface area contributed by atoms with Gasteiger partial charge >= 0.3 is 0 Å². The van der Waals surface area contributed by atoms with E-state index in [-0.39, 0.29) is 103 Å². The minimum Gasteiger partial charge on any atom is -0.368 e. The lowest BCUT2D eigenvalue weighted by molar-refractivity contribution is -0.138. The number of nitrogens with zero attached hydrogens (tertiary/aromatic N) is 9. The molecule has 1 aromatic carbocycles. The van der Waals surface area contributed by atoms with E-state index in [1.807, 2.05) is 0 Å². The Hall–Kier alpha value is -8.61. The number of rotatable bonds is 22. The number of primary amides is 1. The second-order valence-electron chi connectivity index (χ2n) is 17.8. The Labute approximate surface area is 426 Å². The van der Waals surface area contributed by atoms with Crippen LogP contribution in [0.5, 0.6) is 0 Å². The topological polar surface area (TPSA) is 384 Å². The molecule has 1 aliphatic heterocycles. The predicted octanol–water partition coefficient (Wildman–Crippen LogP) is -0.442. The van der Waals surface area contributed by atoms with Gasteiger partial charge in [0.25, 0.3) is 5.91 Å². The molecule has 0 spiro atoms. The first kappa shape index (κ1) is 56.3. The standard InChI is InChI=1S/C47H64N18O9/c1-29(66)58-39(18-35-21-50-26-54-35)45(72)63-11-5-13-64(46(73)40(59-30(2)67)19-36-22-51-27-55-36)24-32-15-33(25-65(14-6-12-63)47(74)41(60-31(3)68)20-37-23-52-28-56-37)17-34(16-32)44(71)61-38(43(48)70)7-8-42(69)53-9-4-10-57-62-49/h15-17,21-23,26-28,38-41H,4-14,18-20,24-25H2,1-3H3,(H2,48,70)(H,50,54)(H,51,55)(H,52,56)(H,53,69)(H,58,66)(H,59,67)(H,60,68)(H,61,71)/t38-,39-,40-,41+/m0/s1. The second kappa shape index (κ2) is 28.4. The molecule has 74 heavy (non-hydrogen) atoms. The Morgan fingerprint density at radius 1 is 0.649 bits per heavy atom. The van der Waals surface area contributed by atoms with Gasteiger partial charge in [-0.3, -0.25) is 43.2 Å². The van der Waals surface area contributed by atoms with Gasteiger partial charge < -0.3 is 62.0 Å². The Kier molecular flexibility index (Phi) is 21.6. The van der Waals surface area contributed by atoms with Crippen LogP contribution in [0, 0.1) is 0 Å². The molecular weight excluding hydrogens is 961 g/mol. The first-order valence-corrected chi connectivity index (χ1v) is 24.1. The van der Waals surface area contributed by atoms with E-state index < -0.39 is 77.3 Å². The number of nitrogens with one attached hydrogen (secondary N) is 8. The molecule has 4 atom stereocenters. The van der Waals surface area contributed by atoms with Gasteiger partial charge in [0.1, 0.15) is 24.2 Å². The zero-order valence-corrected chi connectivity index (χ0v) is 41.6. The molecule has 0 fully saturated rings. The van der Waals surface area contributed by atoms with Crippen molar-refractivity contribution in [1.29, 1.82) is 0 Å². The van der Waals surface area contributed by atoms with Crippen molar-refractivity contribution < 1.29 is 43.2 Å². The van der Waals surface area contributed by atoms with Crippen molar-refractivity contribution in [3.05, 3.63) is 100.0 Å². The number of aromatic nitrogens is 6. The number of nitrogens with two attached hydrogens (primary N) is 1. The number of imidazole rings is 3. The van der Waals surface area contributed by atoms with Crippen LogP contribution in [0.25, 0.3) is 10.4 Å². The van der Waals surface area contributed by atoms with E-state index in [9.17, 15) is 43.2 Å². The number of benzene rings is 1. The van der Waals surface area contributed by atoms with Crippen LogP contribution in [0.4, 0.5) is 0 Å². The molecule has 10 N–H and O–H groups in total. The third kappa shape index (κ3) is 18.2. The van der Waals surface area contributed by atoms with Crippen molar-refractivity contribution in [2.45, 2.75) is 109 Å². The number of carbonyl (C=O) groups excluding carboxylic acids is 9. The summed E-state index contributed by atoms with van der Waals surface area (Å²) in [6, 6.07) is 0.232. The summed E-state index contributed by atoms with van der Waals surface area (Å²) in [5.74, 6) is -4.95. The van der Waals surface area contributed by atoms with Crippen LogP contribution in [-0.4, -0.2) is 161 Å². The highest BCUT2D eigenvalue weighted by Gasteiger charge is 2.32. The van der Waals surface area contributed by atoms with Crippen molar-refractivity contribution in [3.63, 3.8) is 0 Å². The van der Waals surface area contributed by atoms with Gasteiger partial charge in [0, 0.05) is 145 Å². The van der Waals surface area contributed by atoms with Crippen molar-refractivity contribution in [1.82, 2.24) is 71.2 Å². The Morgan fingerprint density at radius 3 is 1.47 bits per heavy atom. The highest BCUT2D eigenvalue weighted by Crippen LogP contribution is 2.20. The number of aromatic amines is 3. The van der Waals surface area contributed by atoms with E-state index in [4.69, 9.17) is 11.3 Å². The van der Waals surface area contributed by atoms with E-state index in [1.165, 1.54) is 74.1 Å². The van der Waals surface area contributed by atoms with Gasteiger partial charge in [-0.15, -0.1) is 0 Å². The van der Waals surface area contributed by atoms with Crippen molar-refractivity contribution in [2.75, 3.05) is 39.3 Å². The molecule has 27 heteroatoms. The fraction of sp³-hybridized carbons (Fsp3) is 0.489. The monoisotopic (exact) mass is 1020 g/mol. The van der Waals surface area contributed by atoms with Crippen LogP contribution in [-0.2, 0) is 70.7 Å². The molecule has 0 unspecified atom stereocenters. The minimum atomic E-state index is -1.30. The lowest BCUT2D eigenvalue weighted by Gasteiger charge is -2.33. The first-order valence-electron chi connectivity index (χ1n) is 24.1. The molecule has 0 saturated heterocycles. The van der Waals surface area contributed by atoms with E-state index in [0.29, 0.717) is 34.6 Å². The maximum Gasteiger partial charge on any atom is 0.251 e. The second-order valence-corrected chi connectivity index (χ2v) is 17.8. The van der Waals surface area contributed by atoms with E-state index in [2.05, 4.69) is 66.5 Å². The van der Waals surface area contributed by atoms with Crippen LogP contribution in [0.1, 0.15) is 91.4 Å². The van der Waals surface area contributed by atoms with Crippen molar-refractivity contribution >= 4 is 53.2 Å². The molecule has 9 amide bonds. The molecule has 0 radical (unpaired) electrons. The minimum absolute atomic E-state index is 0.0166. The third-order valence-corrected chi connectivity index (χ3v) is 11.8. The largest absolute Gasteiger partial charge is 0.368 e. The summed E-state index contributed by atoms with van der Waals surface area (Å²) in [4.78, 5) is 150. The SMILES string of the molecule is CC(=O)N[C@@H](Cc1cnc[nH]1)C(=O)N1CCCN(C(=O)[C@H](Cc2cnc[nH]2)NC(C)=O)Cc2cc(cc(C(=O)N[C@@H](CCC(=O)NCCCN=[N+]=[N-])C(N)=O)c2)CN(C(=O)[C@@H](Cc2cnc[nH]2)NC(C)=O)CCC1. The van der Waals surface area contributed by atoms with Gasteiger partial charge in [-0.25, -0.2) is 15.0 Å². The summed E-state index contributed by atoms with van der Waals surface area (Å²) < 4.78 is 0. The average molecular weight is 1030 g/mol. The van der Waals surface area contributed by atoms with E-state index in [1.54, 1.807) is 17.2 Å². The van der Waals surface area contributed by atoms with E-state index in [0.717, 1.165) is 0 Å². The Balaban J connectivity index is 1.56. The van der Waals surface area contributed by atoms with E-state index >= 15 is 0 Å². The normalized spacial score (nSPS) is 14.7. The quantitative estimate of drug-likeness (QED) is 0.0209. The Bertz CT molecular complexity index is 2500. The zero-order valence-electron chi connectivity index (χ0n) is 41.6. The maximum absolute atomic E-state index is 14.8. The van der Waals surface area contributed by atoms with Gasteiger partial charge in [0.05, 0.1) is 19.0 Å². The third-order valence-electron chi connectivity index (χ3n) is 11.8. The van der Waals surface area contributed by atoms with Crippen LogP contribution in [0.15, 0.2) is 60.9 Å². The summed E-state index contributed by atoms with van der Waals surface area (Å²) in [6.45, 7) is 4.15. The fourth-order valence-corrected chi connectivity index (χ4v) is 8.45. The summed E-state index contributed by atoms with van der Waals surface area (Å²) >= 11 is 0. The molecule has 1 aliphatic rings. The highest BCUT2D eigenvalue weighted by molar-refractivity contribution is 5.98. The van der Waals surface area contributed by atoms with Gasteiger partial charge in [-0.1, -0.05) is 11.2 Å². The Morgan fingerprint density at radius 2 is 1.08 bits per heavy atom. The smallest absolute Gasteiger partial charge is 0.251 e. The molecular formula is C47H64N18O9. The summed E-state index contributed by atoms with van der Waals surface area (Å²) in [5.41, 5.74) is 16.7.